The van der Waals surface area contributed by atoms with Crippen LogP contribution in [0.5, 0.6) is 0 Å². The zero-order chi connectivity index (χ0) is 18.0. The maximum absolute atomic E-state index is 12.4. The average molecular weight is 375 g/mol. The summed E-state index contributed by atoms with van der Waals surface area (Å²) < 4.78 is 54.6. The van der Waals surface area contributed by atoms with E-state index in [1.807, 2.05) is 0 Å². The van der Waals surface area contributed by atoms with Crippen LogP contribution in [-0.2, 0) is 20.0 Å². The third-order valence-electron chi connectivity index (χ3n) is 3.81. The molecule has 6 nitrogen and oxygen atoms in total. The van der Waals surface area contributed by atoms with E-state index in [4.69, 9.17) is 0 Å². The lowest BCUT2D eigenvalue weighted by Gasteiger charge is -2.23. The second-order valence-corrected chi connectivity index (χ2v) is 10.7. The summed E-state index contributed by atoms with van der Waals surface area (Å²) in [5.41, 5.74) is -0.605. The van der Waals surface area contributed by atoms with Crippen LogP contribution in [0.2, 0.25) is 0 Å². The molecular weight excluding hydrogens is 348 g/mol. The molecule has 1 aliphatic rings. The summed E-state index contributed by atoms with van der Waals surface area (Å²) in [4.78, 5) is 0.136. The van der Waals surface area contributed by atoms with Crippen molar-refractivity contribution in [3.8, 4) is 0 Å². The van der Waals surface area contributed by atoms with Crippen LogP contribution in [0.4, 0.5) is 0 Å². The minimum absolute atomic E-state index is 0.0327. The number of hydrogen-bond acceptors (Lipinski definition) is 4. The predicted octanol–water partition coefficient (Wildman–Crippen LogP) is 2.37. The van der Waals surface area contributed by atoms with Crippen LogP contribution >= 0.6 is 0 Å². The zero-order valence-electron chi connectivity index (χ0n) is 14.4. The highest BCUT2D eigenvalue weighted by molar-refractivity contribution is 7.90. The largest absolute Gasteiger partial charge is 0.241 e. The molecule has 1 aromatic rings. The smallest absolute Gasteiger partial charge is 0.208 e. The SMILES string of the molecule is CC(C)(C)NS(=O)(=O)c1ccc(S(=O)(=O)NC2CCCCC2)cc1. The first-order valence-electron chi connectivity index (χ1n) is 8.16. The van der Waals surface area contributed by atoms with E-state index in [0.29, 0.717) is 0 Å². The van der Waals surface area contributed by atoms with E-state index in [2.05, 4.69) is 9.44 Å². The summed E-state index contributed by atoms with van der Waals surface area (Å²) in [6.45, 7) is 5.24. The van der Waals surface area contributed by atoms with Crippen molar-refractivity contribution >= 4 is 20.0 Å². The van der Waals surface area contributed by atoms with Crippen LogP contribution in [0.25, 0.3) is 0 Å². The molecule has 24 heavy (non-hydrogen) atoms. The van der Waals surface area contributed by atoms with Crippen molar-refractivity contribution in [2.75, 3.05) is 0 Å². The van der Waals surface area contributed by atoms with Gasteiger partial charge in [-0.25, -0.2) is 26.3 Å². The third-order valence-corrected chi connectivity index (χ3v) is 7.12. The van der Waals surface area contributed by atoms with Crippen LogP contribution in [0.1, 0.15) is 52.9 Å². The monoisotopic (exact) mass is 374 g/mol. The maximum atomic E-state index is 12.4. The number of nitrogens with one attached hydrogen (secondary N) is 2. The molecule has 0 aliphatic heterocycles. The highest BCUT2D eigenvalue weighted by Gasteiger charge is 2.24. The number of rotatable bonds is 5. The molecule has 1 aliphatic carbocycles. The summed E-state index contributed by atoms with van der Waals surface area (Å²) in [5, 5.41) is 0. The molecule has 0 atom stereocenters. The van der Waals surface area contributed by atoms with Gasteiger partial charge in [-0.05, 0) is 57.9 Å². The van der Waals surface area contributed by atoms with Gasteiger partial charge in [-0.1, -0.05) is 19.3 Å². The van der Waals surface area contributed by atoms with Crippen LogP contribution in [-0.4, -0.2) is 28.4 Å². The fourth-order valence-corrected chi connectivity index (χ4v) is 5.49. The average Bonchev–Trinajstić information content (AvgIpc) is 2.45. The number of sulfonamides is 2. The third kappa shape index (κ3) is 5.27. The standard InChI is InChI=1S/C16H26N2O4S2/c1-16(2,3)18-24(21,22)15-11-9-14(10-12-15)23(19,20)17-13-7-5-4-6-8-13/h9-13,17-18H,4-8H2,1-3H3. The molecule has 1 fully saturated rings. The molecule has 136 valence electrons. The maximum Gasteiger partial charge on any atom is 0.241 e. The summed E-state index contributed by atoms with van der Waals surface area (Å²) in [6.07, 6.45) is 4.90. The van der Waals surface area contributed by atoms with Crippen molar-refractivity contribution in [3.05, 3.63) is 24.3 Å². The van der Waals surface area contributed by atoms with E-state index in [0.717, 1.165) is 32.1 Å². The van der Waals surface area contributed by atoms with Gasteiger partial charge in [-0.15, -0.1) is 0 Å². The van der Waals surface area contributed by atoms with Crippen LogP contribution in [0.15, 0.2) is 34.1 Å². The summed E-state index contributed by atoms with van der Waals surface area (Å²) in [6, 6.07) is 5.28. The van der Waals surface area contributed by atoms with Crippen LogP contribution < -0.4 is 9.44 Å². The van der Waals surface area contributed by atoms with E-state index in [1.54, 1.807) is 20.8 Å². The van der Waals surface area contributed by atoms with Crippen molar-refractivity contribution in [1.29, 1.82) is 0 Å². The van der Waals surface area contributed by atoms with Gasteiger partial charge in [0.2, 0.25) is 20.0 Å². The van der Waals surface area contributed by atoms with E-state index in [9.17, 15) is 16.8 Å². The second kappa shape index (κ2) is 7.11. The zero-order valence-corrected chi connectivity index (χ0v) is 16.0. The van der Waals surface area contributed by atoms with Crippen molar-refractivity contribution in [1.82, 2.24) is 9.44 Å². The molecule has 2 N–H and O–H groups in total. The van der Waals surface area contributed by atoms with Gasteiger partial charge in [-0.2, -0.15) is 0 Å². The first kappa shape index (κ1) is 19.4. The minimum Gasteiger partial charge on any atom is -0.208 e. The van der Waals surface area contributed by atoms with Crippen LogP contribution in [0.3, 0.4) is 0 Å². The Morgan fingerprint density at radius 3 is 1.75 bits per heavy atom. The first-order chi connectivity index (χ1) is 11.0. The molecule has 0 bridgehead atoms. The topological polar surface area (TPSA) is 92.3 Å². The van der Waals surface area contributed by atoms with Gasteiger partial charge in [0.1, 0.15) is 0 Å². The van der Waals surface area contributed by atoms with Gasteiger partial charge in [-0.3, -0.25) is 0 Å². The molecule has 0 amide bonds. The van der Waals surface area contributed by atoms with Gasteiger partial charge >= 0.3 is 0 Å². The Labute approximate surface area is 145 Å². The minimum atomic E-state index is -3.67. The number of benzene rings is 1. The summed E-state index contributed by atoms with van der Waals surface area (Å²) >= 11 is 0. The molecule has 0 unspecified atom stereocenters. The van der Waals surface area contributed by atoms with Gasteiger partial charge in [0.15, 0.2) is 0 Å². The molecule has 0 radical (unpaired) electrons. The molecule has 1 saturated carbocycles. The molecule has 0 aromatic heterocycles. The molecule has 2 rings (SSSR count). The van der Waals surface area contributed by atoms with Crippen LogP contribution in [0, 0.1) is 0 Å². The van der Waals surface area contributed by atoms with E-state index in [-0.39, 0.29) is 15.8 Å². The molecule has 1 aromatic carbocycles. The lowest BCUT2D eigenvalue weighted by molar-refractivity contribution is 0.412. The predicted molar refractivity (Wildman–Crippen MR) is 93.7 cm³/mol. The van der Waals surface area contributed by atoms with E-state index < -0.39 is 25.6 Å². The fourth-order valence-electron chi connectivity index (χ4n) is 2.77. The Bertz CT molecular complexity index is 757. The van der Waals surface area contributed by atoms with Crippen molar-refractivity contribution in [2.24, 2.45) is 0 Å². The van der Waals surface area contributed by atoms with Crippen molar-refractivity contribution in [3.63, 3.8) is 0 Å². The Kier molecular flexibility index (Phi) is 5.74. The van der Waals surface area contributed by atoms with Gasteiger partial charge in [0, 0.05) is 11.6 Å². The van der Waals surface area contributed by atoms with Gasteiger partial charge in [0.25, 0.3) is 0 Å². The highest BCUT2D eigenvalue weighted by atomic mass is 32.2. The highest BCUT2D eigenvalue weighted by Crippen LogP contribution is 2.21. The molecule has 0 saturated heterocycles. The van der Waals surface area contributed by atoms with Gasteiger partial charge < -0.3 is 0 Å². The lowest BCUT2D eigenvalue weighted by atomic mass is 9.96. The Morgan fingerprint density at radius 2 is 1.29 bits per heavy atom. The Morgan fingerprint density at radius 1 is 0.833 bits per heavy atom. The Hall–Kier alpha value is -0.960. The second-order valence-electron chi connectivity index (χ2n) is 7.28. The molecule has 8 heteroatoms. The Balaban J connectivity index is 2.16. The van der Waals surface area contributed by atoms with Crippen molar-refractivity contribution < 1.29 is 16.8 Å². The molecule has 0 spiro atoms. The first-order valence-corrected chi connectivity index (χ1v) is 11.1. The summed E-state index contributed by atoms with van der Waals surface area (Å²) in [7, 11) is -7.30. The van der Waals surface area contributed by atoms with E-state index >= 15 is 0 Å². The molecule has 0 heterocycles. The van der Waals surface area contributed by atoms with Gasteiger partial charge in [0.05, 0.1) is 9.79 Å². The van der Waals surface area contributed by atoms with E-state index in [1.165, 1.54) is 24.3 Å². The fraction of sp³-hybridized carbons (Fsp3) is 0.625. The normalized spacial score (nSPS) is 17.8. The number of hydrogen-bond donors (Lipinski definition) is 2. The van der Waals surface area contributed by atoms with Crippen molar-refractivity contribution in [2.45, 2.75) is 74.2 Å². The summed E-state index contributed by atoms with van der Waals surface area (Å²) in [5.74, 6) is 0. The molecular formula is C16H26N2O4S2. The quantitative estimate of drug-likeness (QED) is 0.827. The lowest BCUT2D eigenvalue weighted by Crippen LogP contribution is -2.40.